The molecule has 0 aromatic carbocycles. The second-order valence-corrected chi connectivity index (χ2v) is 7.48. The van der Waals surface area contributed by atoms with Gasteiger partial charge in [0.05, 0.1) is 24.4 Å². The first kappa shape index (κ1) is 14.0. The van der Waals surface area contributed by atoms with Crippen LogP contribution in [0.1, 0.15) is 37.1 Å². The molecule has 20 heavy (non-hydrogen) atoms. The Kier molecular flexibility index (Phi) is 3.83. The van der Waals surface area contributed by atoms with Crippen molar-refractivity contribution in [3.63, 3.8) is 0 Å². The quantitative estimate of drug-likeness (QED) is 0.845. The van der Waals surface area contributed by atoms with Crippen LogP contribution >= 0.6 is 0 Å². The molecule has 3 rings (SSSR count). The molecule has 2 atom stereocenters. The Morgan fingerprint density at radius 1 is 1.40 bits per heavy atom. The summed E-state index contributed by atoms with van der Waals surface area (Å²) >= 11 is 0. The summed E-state index contributed by atoms with van der Waals surface area (Å²) < 4.78 is 37.6. The number of nitrogens with zero attached hydrogens (tertiary/aromatic N) is 2. The average Bonchev–Trinajstić information content (AvgIpc) is 2.82. The average molecular weight is 300 g/mol. The van der Waals surface area contributed by atoms with Crippen molar-refractivity contribution in [1.82, 2.24) is 9.46 Å². The van der Waals surface area contributed by atoms with Crippen LogP contribution in [0.2, 0.25) is 0 Å². The van der Waals surface area contributed by atoms with E-state index in [2.05, 4.69) is 5.16 Å². The molecule has 2 aliphatic rings. The number of aryl methyl sites for hydroxylation is 1. The molecule has 1 saturated heterocycles. The van der Waals surface area contributed by atoms with Gasteiger partial charge in [-0.25, -0.2) is 8.42 Å². The second kappa shape index (κ2) is 5.46. The molecule has 112 valence electrons. The Hall–Kier alpha value is -0.920. The smallest absolute Gasteiger partial charge is 0.221 e. The summed E-state index contributed by atoms with van der Waals surface area (Å²) in [6, 6.07) is 1.67. The molecule has 1 aliphatic carbocycles. The van der Waals surface area contributed by atoms with E-state index >= 15 is 0 Å². The lowest BCUT2D eigenvalue weighted by Gasteiger charge is -2.42. The van der Waals surface area contributed by atoms with Crippen LogP contribution in [-0.2, 0) is 20.5 Å². The number of fused-ring (bicyclic) bond motifs is 1. The number of rotatable bonds is 3. The van der Waals surface area contributed by atoms with Crippen LogP contribution in [0.15, 0.2) is 10.6 Å². The minimum Gasteiger partial charge on any atom is -0.375 e. The molecule has 2 heterocycles. The maximum atomic E-state index is 12.6. The molecular weight excluding hydrogens is 280 g/mol. The summed E-state index contributed by atoms with van der Waals surface area (Å²) in [5, 5.41) is 3.74. The minimum absolute atomic E-state index is 0.00785. The Labute approximate surface area is 119 Å². The molecule has 0 N–H and O–H groups in total. The van der Waals surface area contributed by atoms with Crippen molar-refractivity contribution in [2.24, 2.45) is 0 Å². The van der Waals surface area contributed by atoms with Crippen LogP contribution < -0.4 is 0 Å². The van der Waals surface area contributed by atoms with Crippen molar-refractivity contribution in [1.29, 1.82) is 0 Å². The third-order valence-electron chi connectivity index (χ3n) is 4.04. The molecular formula is C13H20N2O4S. The highest BCUT2D eigenvalue weighted by molar-refractivity contribution is 7.88. The zero-order valence-corrected chi connectivity index (χ0v) is 12.4. The molecule has 0 amide bonds. The summed E-state index contributed by atoms with van der Waals surface area (Å²) in [5.41, 5.74) is 0.702. The molecule has 6 nitrogen and oxygen atoms in total. The van der Waals surface area contributed by atoms with E-state index in [1.165, 1.54) is 0 Å². The van der Waals surface area contributed by atoms with Gasteiger partial charge in [0.2, 0.25) is 10.0 Å². The lowest BCUT2D eigenvalue weighted by atomic mass is 9.91. The number of morpholine rings is 1. The van der Waals surface area contributed by atoms with E-state index < -0.39 is 10.0 Å². The first-order chi connectivity index (χ1) is 9.56. The van der Waals surface area contributed by atoms with Gasteiger partial charge in [-0.3, -0.25) is 0 Å². The van der Waals surface area contributed by atoms with Crippen LogP contribution in [0.3, 0.4) is 0 Å². The van der Waals surface area contributed by atoms with Crippen LogP contribution in [0.25, 0.3) is 0 Å². The highest BCUT2D eigenvalue weighted by Crippen LogP contribution is 2.31. The summed E-state index contributed by atoms with van der Waals surface area (Å²) in [5.74, 6) is 0.290. The minimum atomic E-state index is -3.37. The lowest BCUT2D eigenvalue weighted by molar-refractivity contribution is -0.0587. The second-order valence-electron chi connectivity index (χ2n) is 5.56. The van der Waals surface area contributed by atoms with E-state index in [0.29, 0.717) is 24.6 Å². The molecule has 1 aromatic heterocycles. The molecule has 0 bridgehead atoms. The van der Waals surface area contributed by atoms with Crippen molar-refractivity contribution in [2.75, 3.05) is 13.2 Å². The summed E-state index contributed by atoms with van der Waals surface area (Å²) in [7, 11) is -3.37. The fraction of sp³-hybridized carbons (Fsp3) is 0.769. The number of aromatic nitrogens is 1. The van der Waals surface area contributed by atoms with Crippen molar-refractivity contribution >= 4 is 10.0 Å². The maximum absolute atomic E-state index is 12.6. The highest BCUT2D eigenvalue weighted by Gasteiger charge is 2.40. The van der Waals surface area contributed by atoms with Gasteiger partial charge in [0, 0.05) is 12.6 Å². The van der Waals surface area contributed by atoms with Crippen molar-refractivity contribution in [2.45, 2.75) is 50.5 Å². The molecule has 7 heteroatoms. The number of sulfonamides is 1. The first-order valence-corrected chi connectivity index (χ1v) is 8.70. The topological polar surface area (TPSA) is 72.6 Å². The van der Waals surface area contributed by atoms with Gasteiger partial charge in [0.15, 0.2) is 5.76 Å². The van der Waals surface area contributed by atoms with Gasteiger partial charge in [-0.05, 0) is 19.8 Å². The maximum Gasteiger partial charge on any atom is 0.221 e. The predicted octanol–water partition coefficient (Wildman–Crippen LogP) is 1.46. The zero-order valence-electron chi connectivity index (χ0n) is 11.6. The number of ether oxygens (including phenoxy) is 1. The molecule has 0 radical (unpaired) electrons. The molecule has 1 aromatic rings. The SMILES string of the molecule is Cc1cc(CS(=O)(=O)N2CCOC3CCCCC32)on1. The van der Waals surface area contributed by atoms with Gasteiger partial charge in [-0.2, -0.15) is 4.31 Å². The van der Waals surface area contributed by atoms with Crippen LogP contribution in [-0.4, -0.2) is 43.2 Å². The Bertz CT molecular complexity index is 567. The Morgan fingerprint density at radius 2 is 2.20 bits per heavy atom. The van der Waals surface area contributed by atoms with Gasteiger partial charge in [-0.1, -0.05) is 18.0 Å². The van der Waals surface area contributed by atoms with E-state index in [-0.39, 0.29) is 17.9 Å². The summed E-state index contributed by atoms with van der Waals surface area (Å²) in [4.78, 5) is 0. The van der Waals surface area contributed by atoms with Gasteiger partial charge in [-0.15, -0.1) is 0 Å². The van der Waals surface area contributed by atoms with Crippen LogP contribution in [0.4, 0.5) is 0 Å². The molecule has 2 unspecified atom stereocenters. The van der Waals surface area contributed by atoms with Gasteiger partial charge >= 0.3 is 0 Å². The molecule has 1 saturated carbocycles. The summed E-state index contributed by atoms with van der Waals surface area (Å²) in [6.45, 7) is 2.71. The van der Waals surface area contributed by atoms with Gasteiger partial charge in [0.25, 0.3) is 0 Å². The van der Waals surface area contributed by atoms with E-state index in [1.807, 2.05) is 0 Å². The fourth-order valence-electron chi connectivity index (χ4n) is 3.15. The predicted molar refractivity (Wildman–Crippen MR) is 72.6 cm³/mol. The monoisotopic (exact) mass is 300 g/mol. The van der Waals surface area contributed by atoms with E-state index in [1.54, 1.807) is 17.3 Å². The third-order valence-corrected chi connectivity index (χ3v) is 5.86. The summed E-state index contributed by atoms with van der Waals surface area (Å²) in [6.07, 6.45) is 4.09. The van der Waals surface area contributed by atoms with Crippen molar-refractivity contribution in [3.8, 4) is 0 Å². The highest BCUT2D eigenvalue weighted by atomic mass is 32.2. The number of hydrogen-bond donors (Lipinski definition) is 0. The normalized spacial score (nSPS) is 28.2. The third kappa shape index (κ3) is 2.75. The van der Waals surface area contributed by atoms with E-state index in [9.17, 15) is 8.42 Å². The van der Waals surface area contributed by atoms with Crippen LogP contribution in [0.5, 0.6) is 0 Å². The van der Waals surface area contributed by atoms with Crippen molar-refractivity contribution in [3.05, 3.63) is 17.5 Å². The lowest BCUT2D eigenvalue weighted by Crippen LogP contribution is -2.54. The molecule has 2 fully saturated rings. The largest absolute Gasteiger partial charge is 0.375 e. The Morgan fingerprint density at radius 3 is 2.95 bits per heavy atom. The fourth-order valence-corrected chi connectivity index (χ4v) is 4.82. The molecule has 0 spiro atoms. The molecule has 1 aliphatic heterocycles. The first-order valence-electron chi connectivity index (χ1n) is 7.09. The standard InChI is InChI=1S/C13H20N2O4S/c1-10-8-11(19-14-10)9-20(16,17)15-6-7-18-13-5-3-2-4-12(13)15/h8,12-13H,2-7,9H2,1H3. The van der Waals surface area contributed by atoms with Crippen LogP contribution in [0, 0.1) is 6.92 Å². The van der Waals surface area contributed by atoms with E-state index in [0.717, 1.165) is 25.7 Å². The van der Waals surface area contributed by atoms with Gasteiger partial charge in [0.1, 0.15) is 5.75 Å². The number of hydrogen-bond acceptors (Lipinski definition) is 5. The Balaban J connectivity index is 1.78. The van der Waals surface area contributed by atoms with Crippen molar-refractivity contribution < 1.29 is 17.7 Å². The van der Waals surface area contributed by atoms with Gasteiger partial charge < -0.3 is 9.26 Å². The van der Waals surface area contributed by atoms with E-state index in [4.69, 9.17) is 9.26 Å². The zero-order chi connectivity index (χ0) is 14.2.